The molecule has 1 rings (SSSR count). The lowest BCUT2D eigenvalue weighted by atomic mass is 9.86. The molecule has 4 heteroatoms. The van der Waals surface area contributed by atoms with Crippen molar-refractivity contribution >= 4 is 17.2 Å². The number of nitrogen functional groups attached to an aromatic ring is 1. The SMILES string of the molecule is [C-]#[N+]c1c(N)cccc1OCC(C)(C)C(=O)CCCC. The van der Waals surface area contributed by atoms with Crippen LogP contribution in [0.4, 0.5) is 11.4 Å². The zero-order chi connectivity index (χ0) is 15.2. The summed E-state index contributed by atoms with van der Waals surface area (Å²) in [7, 11) is 0. The highest BCUT2D eigenvalue weighted by molar-refractivity contribution is 5.84. The lowest BCUT2D eigenvalue weighted by molar-refractivity contribution is -0.128. The molecule has 0 saturated heterocycles. The number of benzene rings is 1. The van der Waals surface area contributed by atoms with Crippen LogP contribution >= 0.6 is 0 Å². The average Bonchev–Trinajstić information content (AvgIpc) is 2.42. The van der Waals surface area contributed by atoms with E-state index in [1.54, 1.807) is 18.2 Å². The molecule has 1 aromatic rings. The lowest BCUT2D eigenvalue weighted by Crippen LogP contribution is -2.31. The van der Waals surface area contributed by atoms with Crippen molar-refractivity contribution in [2.45, 2.75) is 40.0 Å². The summed E-state index contributed by atoms with van der Waals surface area (Å²) in [5, 5.41) is 0. The van der Waals surface area contributed by atoms with Crippen molar-refractivity contribution in [2.75, 3.05) is 12.3 Å². The summed E-state index contributed by atoms with van der Waals surface area (Å²) >= 11 is 0. The number of ketones is 1. The van der Waals surface area contributed by atoms with Crippen molar-refractivity contribution in [1.82, 2.24) is 0 Å². The van der Waals surface area contributed by atoms with Crippen molar-refractivity contribution < 1.29 is 9.53 Å². The number of hydrogen-bond donors (Lipinski definition) is 1. The van der Waals surface area contributed by atoms with Gasteiger partial charge in [-0.15, -0.1) is 0 Å². The summed E-state index contributed by atoms with van der Waals surface area (Å²) in [5.74, 6) is 0.629. The number of anilines is 1. The number of unbranched alkanes of at least 4 members (excludes halogenated alkanes) is 1. The van der Waals surface area contributed by atoms with E-state index < -0.39 is 5.41 Å². The van der Waals surface area contributed by atoms with E-state index in [0.717, 1.165) is 12.8 Å². The van der Waals surface area contributed by atoms with Gasteiger partial charge >= 0.3 is 0 Å². The number of carbonyl (C=O) groups excluding carboxylic acids is 1. The summed E-state index contributed by atoms with van der Waals surface area (Å²) in [4.78, 5) is 15.5. The second kappa shape index (κ2) is 6.95. The number of rotatable bonds is 7. The largest absolute Gasteiger partial charge is 0.504 e. The van der Waals surface area contributed by atoms with Crippen LogP contribution in [0.25, 0.3) is 4.85 Å². The van der Waals surface area contributed by atoms with E-state index in [4.69, 9.17) is 17.0 Å². The molecule has 0 aliphatic heterocycles. The van der Waals surface area contributed by atoms with Crippen LogP contribution < -0.4 is 10.5 Å². The van der Waals surface area contributed by atoms with Gasteiger partial charge in [-0.05, 0) is 32.4 Å². The third kappa shape index (κ3) is 3.99. The second-order valence-corrected chi connectivity index (χ2v) is 5.51. The van der Waals surface area contributed by atoms with Gasteiger partial charge in [0.15, 0.2) is 0 Å². The Bertz CT molecular complexity index is 516. The molecule has 0 bridgehead atoms. The summed E-state index contributed by atoms with van der Waals surface area (Å²) in [5.41, 5.74) is 5.89. The van der Waals surface area contributed by atoms with E-state index in [2.05, 4.69) is 11.8 Å². The normalized spacial score (nSPS) is 10.9. The third-order valence-corrected chi connectivity index (χ3v) is 3.24. The smallest absolute Gasteiger partial charge is 0.250 e. The molecule has 20 heavy (non-hydrogen) atoms. The van der Waals surface area contributed by atoms with Gasteiger partial charge in [0.25, 0.3) is 0 Å². The topological polar surface area (TPSA) is 56.7 Å². The van der Waals surface area contributed by atoms with Gasteiger partial charge in [-0.3, -0.25) is 4.79 Å². The minimum Gasteiger partial charge on any atom is -0.504 e. The summed E-state index contributed by atoms with van der Waals surface area (Å²) in [6.45, 7) is 13.2. The molecular formula is C16H22N2O2. The molecule has 0 heterocycles. The number of carbonyl (C=O) groups is 1. The summed E-state index contributed by atoms with van der Waals surface area (Å²) < 4.78 is 5.66. The molecule has 0 amide bonds. The van der Waals surface area contributed by atoms with E-state index in [1.807, 2.05) is 13.8 Å². The van der Waals surface area contributed by atoms with Crippen molar-refractivity contribution in [3.63, 3.8) is 0 Å². The van der Waals surface area contributed by atoms with Crippen LogP contribution in [0.3, 0.4) is 0 Å². The first kappa shape index (κ1) is 16.0. The highest BCUT2D eigenvalue weighted by atomic mass is 16.5. The summed E-state index contributed by atoms with van der Waals surface area (Å²) in [6.07, 6.45) is 2.47. The Labute approximate surface area is 120 Å². The van der Waals surface area contributed by atoms with Gasteiger partial charge in [0.1, 0.15) is 11.5 Å². The predicted molar refractivity (Wildman–Crippen MR) is 80.9 cm³/mol. The molecule has 0 radical (unpaired) electrons. The number of nitrogens with zero attached hydrogens (tertiary/aromatic N) is 1. The molecule has 0 aliphatic carbocycles. The van der Waals surface area contributed by atoms with Gasteiger partial charge in [0.05, 0.1) is 18.6 Å². The van der Waals surface area contributed by atoms with Gasteiger partial charge in [0.2, 0.25) is 5.69 Å². The number of Topliss-reactive ketones (excluding diaryl/α,β-unsaturated/α-hetero) is 1. The predicted octanol–water partition coefficient (Wildman–Crippen LogP) is 3.98. The average molecular weight is 274 g/mol. The maximum absolute atomic E-state index is 12.1. The Hall–Kier alpha value is -2.02. The summed E-state index contributed by atoms with van der Waals surface area (Å²) in [6, 6.07) is 5.11. The molecule has 0 atom stereocenters. The minimum atomic E-state index is -0.556. The Balaban J connectivity index is 2.74. The molecule has 0 saturated carbocycles. The highest BCUT2D eigenvalue weighted by Crippen LogP contribution is 2.34. The van der Waals surface area contributed by atoms with E-state index in [9.17, 15) is 4.79 Å². The van der Waals surface area contributed by atoms with Gasteiger partial charge in [0, 0.05) is 12.1 Å². The van der Waals surface area contributed by atoms with Crippen LogP contribution in [0.15, 0.2) is 18.2 Å². The Morgan fingerprint density at radius 2 is 2.15 bits per heavy atom. The molecule has 0 aromatic heterocycles. The molecule has 0 aliphatic rings. The highest BCUT2D eigenvalue weighted by Gasteiger charge is 2.28. The van der Waals surface area contributed by atoms with Crippen LogP contribution in [0.1, 0.15) is 40.0 Å². The first-order chi connectivity index (χ1) is 9.42. The van der Waals surface area contributed by atoms with E-state index >= 15 is 0 Å². The zero-order valence-corrected chi connectivity index (χ0v) is 12.4. The molecule has 2 N–H and O–H groups in total. The van der Waals surface area contributed by atoms with Crippen LogP contribution in [0.2, 0.25) is 0 Å². The number of hydrogen-bond acceptors (Lipinski definition) is 3. The van der Waals surface area contributed by atoms with Crippen LogP contribution in [0.5, 0.6) is 5.75 Å². The molecule has 0 unspecified atom stereocenters. The molecule has 4 nitrogen and oxygen atoms in total. The fourth-order valence-corrected chi connectivity index (χ4v) is 1.79. The minimum absolute atomic E-state index is 0.188. The van der Waals surface area contributed by atoms with Crippen molar-refractivity contribution in [3.8, 4) is 5.75 Å². The Morgan fingerprint density at radius 3 is 2.75 bits per heavy atom. The van der Waals surface area contributed by atoms with Gasteiger partial charge in [-0.1, -0.05) is 19.4 Å². The fourth-order valence-electron chi connectivity index (χ4n) is 1.79. The van der Waals surface area contributed by atoms with Crippen LogP contribution in [0, 0.1) is 12.0 Å². The van der Waals surface area contributed by atoms with Gasteiger partial charge in [-0.2, -0.15) is 0 Å². The van der Waals surface area contributed by atoms with Crippen molar-refractivity contribution in [1.29, 1.82) is 0 Å². The molecule has 0 fully saturated rings. The third-order valence-electron chi connectivity index (χ3n) is 3.24. The van der Waals surface area contributed by atoms with Crippen LogP contribution in [-0.4, -0.2) is 12.4 Å². The van der Waals surface area contributed by atoms with Gasteiger partial charge < -0.3 is 10.5 Å². The molecule has 1 aromatic carbocycles. The number of ether oxygens (including phenoxy) is 1. The van der Waals surface area contributed by atoms with E-state index in [1.165, 1.54) is 0 Å². The Kier molecular flexibility index (Phi) is 5.57. The molecule has 108 valence electrons. The quantitative estimate of drug-likeness (QED) is 0.604. The van der Waals surface area contributed by atoms with Crippen LogP contribution in [-0.2, 0) is 4.79 Å². The van der Waals surface area contributed by atoms with E-state index in [-0.39, 0.29) is 12.4 Å². The molecule has 0 spiro atoms. The monoisotopic (exact) mass is 274 g/mol. The van der Waals surface area contributed by atoms with Gasteiger partial charge in [-0.25, -0.2) is 4.85 Å². The standard InChI is InChI=1S/C16H22N2O2/c1-5-6-10-14(19)16(2,3)11-20-13-9-7-8-12(17)15(13)18-4/h7-9H,5-6,10-11,17H2,1-3H3. The van der Waals surface area contributed by atoms with Crippen molar-refractivity contribution in [3.05, 3.63) is 29.6 Å². The molecular weight excluding hydrogens is 252 g/mol. The Morgan fingerprint density at radius 1 is 1.45 bits per heavy atom. The number of nitrogens with two attached hydrogens (primary N) is 1. The first-order valence-electron chi connectivity index (χ1n) is 6.84. The number of para-hydroxylation sites is 1. The van der Waals surface area contributed by atoms with Crippen molar-refractivity contribution in [2.24, 2.45) is 5.41 Å². The fraction of sp³-hybridized carbons (Fsp3) is 0.500. The maximum atomic E-state index is 12.1. The van der Waals surface area contributed by atoms with E-state index in [0.29, 0.717) is 23.5 Å². The zero-order valence-electron chi connectivity index (χ0n) is 12.4. The second-order valence-electron chi connectivity index (χ2n) is 5.51. The first-order valence-corrected chi connectivity index (χ1v) is 6.84. The maximum Gasteiger partial charge on any atom is 0.250 e. The lowest BCUT2D eigenvalue weighted by Gasteiger charge is -2.24.